The van der Waals surface area contributed by atoms with E-state index in [1.54, 1.807) is 6.07 Å². The summed E-state index contributed by atoms with van der Waals surface area (Å²) < 4.78 is 37.1. The molecule has 2 rings (SSSR count). The highest BCUT2D eigenvalue weighted by Crippen LogP contribution is 2.28. The first kappa shape index (κ1) is 17.4. The summed E-state index contributed by atoms with van der Waals surface area (Å²) in [6, 6.07) is 7.86. The first-order valence-corrected chi connectivity index (χ1v) is 9.26. The van der Waals surface area contributed by atoms with Gasteiger partial charge in [0.1, 0.15) is 17.1 Å². The smallest absolute Gasteiger partial charge is 0.347 e. The molecule has 0 bridgehead atoms. The number of carbonyl (C=O) groups excluding carboxylic acids is 1. The lowest BCUT2D eigenvalue weighted by Crippen LogP contribution is -2.10. The minimum atomic E-state index is -4.30. The number of phenolic OH excluding ortho intramolecular Hbond substituents is 1. The van der Waals surface area contributed by atoms with E-state index in [9.17, 15) is 18.3 Å². The van der Waals surface area contributed by atoms with Gasteiger partial charge >= 0.3 is 5.97 Å². The van der Waals surface area contributed by atoms with Crippen LogP contribution in [0.5, 0.6) is 11.5 Å². The Morgan fingerprint density at radius 2 is 1.68 bits per heavy atom. The Morgan fingerprint density at radius 1 is 1.09 bits per heavy atom. The third kappa shape index (κ3) is 4.08. The lowest BCUT2D eigenvalue weighted by atomic mass is 10.2. The number of aromatic hydroxyl groups is 1. The van der Waals surface area contributed by atoms with Crippen molar-refractivity contribution in [2.45, 2.75) is 4.90 Å². The molecule has 0 radical (unpaired) electrons. The summed E-state index contributed by atoms with van der Waals surface area (Å²) in [6.07, 6.45) is 0. The fourth-order valence-corrected chi connectivity index (χ4v) is 3.89. The third-order valence-electron chi connectivity index (χ3n) is 2.58. The Hall–Kier alpha value is -0.920. The molecule has 6 nitrogen and oxygen atoms in total. The fourth-order valence-electron chi connectivity index (χ4n) is 1.56. The van der Waals surface area contributed by atoms with Gasteiger partial charge in [-0.05, 0) is 81.6 Å². The van der Waals surface area contributed by atoms with E-state index in [0.29, 0.717) is 3.57 Å². The van der Waals surface area contributed by atoms with Gasteiger partial charge in [0.25, 0.3) is 10.1 Å². The van der Waals surface area contributed by atoms with Crippen LogP contribution >= 0.6 is 45.2 Å². The van der Waals surface area contributed by atoms with Crippen molar-refractivity contribution in [3.05, 3.63) is 49.1 Å². The van der Waals surface area contributed by atoms with Gasteiger partial charge in [-0.15, -0.1) is 0 Å². The van der Waals surface area contributed by atoms with Gasteiger partial charge in [-0.3, -0.25) is 4.55 Å². The average Bonchev–Trinajstić information content (AvgIpc) is 2.42. The molecule has 0 aromatic heterocycles. The minimum Gasteiger partial charge on any atom is -0.506 e. The molecule has 0 aliphatic rings. The lowest BCUT2D eigenvalue weighted by molar-refractivity contribution is 0.0731. The molecule has 0 unspecified atom stereocenters. The monoisotopic (exact) mass is 546 g/mol. The van der Waals surface area contributed by atoms with Crippen LogP contribution in [-0.4, -0.2) is 24.0 Å². The largest absolute Gasteiger partial charge is 0.506 e. The number of halogens is 2. The number of hydrogen-bond donors (Lipinski definition) is 2. The Balaban J connectivity index is 2.26. The molecule has 0 aliphatic heterocycles. The van der Waals surface area contributed by atoms with Crippen LogP contribution in [0, 0.1) is 7.14 Å². The van der Waals surface area contributed by atoms with Crippen LogP contribution < -0.4 is 4.74 Å². The van der Waals surface area contributed by atoms with E-state index in [1.165, 1.54) is 18.2 Å². The van der Waals surface area contributed by atoms with E-state index in [4.69, 9.17) is 9.29 Å². The standard InChI is InChI=1S/C13H8I2O6S/c14-7-5-10(12(16)11(15)6-7)13(17)21-8-1-3-9(4-2-8)22(18,19)20/h1-6,16H,(H,18,19,20). The number of ether oxygens (including phenoxy) is 1. The van der Waals surface area contributed by atoms with Crippen molar-refractivity contribution < 1.29 is 27.6 Å². The lowest BCUT2D eigenvalue weighted by Gasteiger charge is -2.08. The predicted molar refractivity (Wildman–Crippen MR) is 94.8 cm³/mol. The van der Waals surface area contributed by atoms with Crippen LogP contribution in [0.2, 0.25) is 0 Å². The van der Waals surface area contributed by atoms with Crippen LogP contribution in [0.25, 0.3) is 0 Å². The zero-order valence-electron chi connectivity index (χ0n) is 10.7. The first-order chi connectivity index (χ1) is 10.2. The van der Waals surface area contributed by atoms with Crippen molar-refractivity contribution in [2.24, 2.45) is 0 Å². The molecule has 2 aromatic carbocycles. The molecule has 116 valence electrons. The maximum atomic E-state index is 12.1. The summed E-state index contributed by atoms with van der Waals surface area (Å²) in [5, 5.41) is 9.90. The molecule has 0 spiro atoms. The van der Waals surface area contributed by atoms with E-state index < -0.39 is 16.1 Å². The number of benzene rings is 2. The maximum Gasteiger partial charge on any atom is 0.347 e. The van der Waals surface area contributed by atoms with Crippen molar-refractivity contribution in [1.82, 2.24) is 0 Å². The Morgan fingerprint density at radius 3 is 2.23 bits per heavy atom. The summed E-state index contributed by atoms with van der Waals surface area (Å²) in [4.78, 5) is 11.8. The molecule has 0 saturated heterocycles. The molecule has 0 amide bonds. The molecular formula is C13H8I2O6S. The number of phenols is 1. The van der Waals surface area contributed by atoms with E-state index >= 15 is 0 Å². The van der Waals surface area contributed by atoms with Crippen molar-refractivity contribution >= 4 is 61.3 Å². The van der Waals surface area contributed by atoms with Crippen molar-refractivity contribution in [3.8, 4) is 11.5 Å². The van der Waals surface area contributed by atoms with E-state index in [2.05, 4.69) is 0 Å². The molecule has 2 N–H and O–H groups in total. The van der Waals surface area contributed by atoms with Gasteiger partial charge in [0.2, 0.25) is 0 Å². The maximum absolute atomic E-state index is 12.1. The minimum absolute atomic E-state index is 0.00940. The Kier molecular flexibility index (Phi) is 5.29. The van der Waals surface area contributed by atoms with Crippen molar-refractivity contribution in [2.75, 3.05) is 0 Å². The van der Waals surface area contributed by atoms with Crippen LogP contribution in [0.4, 0.5) is 0 Å². The van der Waals surface area contributed by atoms with Crippen molar-refractivity contribution in [1.29, 1.82) is 0 Å². The molecule has 22 heavy (non-hydrogen) atoms. The van der Waals surface area contributed by atoms with E-state index in [0.717, 1.165) is 15.7 Å². The number of esters is 1. The van der Waals surface area contributed by atoms with E-state index in [-0.39, 0.29) is 22.0 Å². The normalized spacial score (nSPS) is 11.2. The number of carbonyl (C=O) groups is 1. The van der Waals surface area contributed by atoms with Gasteiger partial charge in [-0.2, -0.15) is 8.42 Å². The van der Waals surface area contributed by atoms with Gasteiger partial charge in [-0.1, -0.05) is 0 Å². The zero-order valence-corrected chi connectivity index (χ0v) is 15.8. The van der Waals surface area contributed by atoms with Crippen LogP contribution in [0.15, 0.2) is 41.3 Å². The van der Waals surface area contributed by atoms with Crippen LogP contribution in [-0.2, 0) is 10.1 Å². The predicted octanol–water partition coefficient (Wildman–Crippen LogP) is 3.07. The molecular weight excluding hydrogens is 538 g/mol. The summed E-state index contributed by atoms with van der Waals surface area (Å²) in [5.74, 6) is -0.861. The second kappa shape index (κ2) is 6.68. The highest BCUT2D eigenvalue weighted by atomic mass is 127. The zero-order chi connectivity index (χ0) is 16.5. The molecule has 9 heteroatoms. The topological polar surface area (TPSA) is 101 Å². The quantitative estimate of drug-likeness (QED) is 0.266. The third-order valence-corrected chi connectivity index (χ3v) is 4.89. The second-order valence-corrected chi connectivity index (χ2v) is 7.95. The summed E-state index contributed by atoms with van der Waals surface area (Å²) in [5.41, 5.74) is 0.00940. The van der Waals surface area contributed by atoms with Crippen molar-refractivity contribution in [3.63, 3.8) is 0 Å². The molecule has 0 saturated carbocycles. The van der Waals surface area contributed by atoms with Gasteiger partial charge in [0.15, 0.2) is 0 Å². The summed E-state index contributed by atoms with van der Waals surface area (Å²) in [7, 11) is -4.30. The molecule has 0 atom stereocenters. The Bertz CT molecular complexity index is 830. The SMILES string of the molecule is O=C(Oc1ccc(S(=O)(=O)O)cc1)c1cc(I)cc(I)c1O. The number of hydrogen-bond acceptors (Lipinski definition) is 5. The molecule has 0 aliphatic carbocycles. The molecule has 0 heterocycles. The van der Waals surface area contributed by atoms with Gasteiger partial charge in [0, 0.05) is 3.57 Å². The fraction of sp³-hybridized carbons (Fsp3) is 0. The van der Waals surface area contributed by atoms with E-state index in [1.807, 2.05) is 45.2 Å². The van der Waals surface area contributed by atoms with Crippen LogP contribution in [0.3, 0.4) is 0 Å². The highest BCUT2D eigenvalue weighted by Gasteiger charge is 2.17. The van der Waals surface area contributed by atoms with Crippen LogP contribution in [0.1, 0.15) is 10.4 Å². The van der Waals surface area contributed by atoms with Gasteiger partial charge in [0.05, 0.1) is 8.47 Å². The van der Waals surface area contributed by atoms with Gasteiger partial charge < -0.3 is 9.84 Å². The Labute approximate surface area is 153 Å². The molecule has 2 aromatic rings. The average molecular weight is 546 g/mol. The first-order valence-electron chi connectivity index (χ1n) is 5.66. The number of rotatable bonds is 3. The summed E-state index contributed by atoms with van der Waals surface area (Å²) in [6.45, 7) is 0. The summed E-state index contributed by atoms with van der Waals surface area (Å²) >= 11 is 3.90. The highest BCUT2D eigenvalue weighted by molar-refractivity contribution is 14.1. The van der Waals surface area contributed by atoms with Gasteiger partial charge in [-0.25, -0.2) is 4.79 Å². The molecule has 0 fully saturated rings. The second-order valence-electron chi connectivity index (χ2n) is 4.12.